The van der Waals surface area contributed by atoms with Crippen LogP contribution in [0.15, 0.2) is 176 Å². The summed E-state index contributed by atoms with van der Waals surface area (Å²) in [5, 5.41) is 5.10. The highest BCUT2D eigenvalue weighted by molar-refractivity contribution is 6.20. The molecular formula is C47H30N2. The number of hydrogen-bond acceptors (Lipinski definition) is 1. The van der Waals surface area contributed by atoms with Crippen molar-refractivity contribution in [1.29, 1.82) is 0 Å². The van der Waals surface area contributed by atoms with E-state index in [1.54, 1.807) is 0 Å². The third-order valence-electron chi connectivity index (χ3n) is 11.0. The molecule has 1 spiro atoms. The Morgan fingerprint density at radius 3 is 1.84 bits per heavy atom. The summed E-state index contributed by atoms with van der Waals surface area (Å²) >= 11 is 0. The Bertz CT molecular complexity index is 2740. The maximum Gasteiger partial charge on any atom is 0.0754 e. The Hall–Kier alpha value is -6.38. The summed E-state index contributed by atoms with van der Waals surface area (Å²) in [5.41, 5.74) is 15.9. The quantitative estimate of drug-likeness (QED) is 0.203. The lowest BCUT2D eigenvalue weighted by Crippen LogP contribution is -2.36. The van der Waals surface area contributed by atoms with E-state index in [1.165, 1.54) is 94.1 Å². The van der Waals surface area contributed by atoms with Crippen molar-refractivity contribution in [3.63, 3.8) is 0 Å². The fraction of sp³-hybridized carbons (Fsp3) is 0.0213. The Morgan fingerprint density at radius 2 is 1.02 bits per heavy atom. The van der Waals surface area contributed by atoms with Gasteiger partial charge in [0.15, 0.2) is 0 Å². The average Bonchev–Trinajstić information content (AvgIpc) is 3.69. The molecule has 1 aliphatic carbocycles. The van der Waals surface area contributed by atoms with Crippen molar-refractivity contribution in [1.82, 2.24) is 4.98 Å². The Labute approximate surface area is 284 Å². The molecule has 228 valence electrons. The molecule has 0 saturated carbocycles. The standard InChI is InChI=1S/C47H30N2/c1-2-13-33(14-3-1)49-44-20-10-8-18-40(44)47(41-19-9-11-21-45(41)49)38-17-7-6-16-35(38)36-28-31(22-25-39(36)47)32-24-26-42-37(29-32)46-34-15-5-4-12-30(34)23-27-43(46)48-42/h1-29,48H. The highest BCUT2D eigenvalue weighted by Gasteiger charge is 2.51. The molecule has 2 aliphatic rings. The Balaban J connectivity index is 1.17. The van der Waals surface area contributed by atoms with Crippen LogP contribution in [0.3, 0.4) is 0 Å². The summed E-state index contributed by atoms with van der Waals surface area (Å²) in [6.45, 7) is 0. The van der Waals surface area contributed by atoms with E-state index in [1.807, 2.05) is 0 Å². The molecule has 1 aromatic heterocycles. The van der Waals surface area contributed by atoms with E-state index < -0.39 is 5.41 Å². The molecule has 0 bridgehead atoms. The summed E-state index contributed by atoms with van der Waals surface area (Å²) in [5.74, 6) is 0. The van der Waals surface area contributed by atoms with Crippen LogP contribution in [0.1, 0.15) is 22.3 Å². The number of hydrogen-bond donors (Lipinski definition) is 1. The first kappa shape index (κ1) is 26.7. The minimum atomic E-state index is -0.442. The normalized spacial score (nSPS) is 13.8. The van der Waals surface area contributed by atoms with E-state index in [-0.39, 0.29) is 0 Å². The molecule has 2 heteroatoms. The van der Waals surface area contributed by atoms with Gasteiger partial charge in [-0.1, -0.05) is 127 Å². The van der Waals surface area contributed by atoms with Gasteiger partial charge in [-0.2, -0.15) is 0 Å². The van der Waals surface area contributed by atoms with Gasteiger partial charge in [-0.05, 0) is 104 Å². The molecule has 1 N–H and O–H groups in total. The lowest BCUT2D eigenvalue weighted by molar-refractivity contribution is 0.753. The molecule has 0 saturated heterocycles. The van der Waals surface area contributed by atoms with Crippen LogP contribution >= 0.6 is 0 Å². The molecule has 2 heterocycles. The van der Waals surface area contributed by atoms with E-state index in [0.717, 1.165) is 0 Å². The highest BCUT2D eigenvalue weighted by atomic mass is 15.2. The van der Waals surface area contributed by atoms with Crippen molar-refractivity contribution in [3.05, 3.63) is 198 Å². The van der Waals surface area contributed by atoms with Crippen molar-refractivity contribution in [2.75, 3.05) is 4.90 Å². The molecule has 1 aliphatic heterocycles. The zero-order valence-corrected chi connectivity index (χ0v) is 26.7. The zero-order valence-electron chi connectivity index (χ0n) is 26.7. The van der Waals surface area contributed by atoms with Gasteiger partial charge in [-0.15, -0.1) is 0 Å². The predicted octanol–water partition coefficient (Wildman–Crippen LogP) is 12.3. The van der Waals surface area contributed by atoms with Gasteiger partial charge in [0.05, 0.1) is 16.8 Å². The molecule has 0 atom stereocenters. The molecule has 8 aromatic carbocycles. The first-order valence-corrected chi connectivity index (χ1v) is 17.0. The average molecular weight is 623 g/mol. The van der Waals surface area contributed by atoms with Gasteiger partial charge in [-0.25, -0.2) is 0 Å². The summed E-state index contributed by atoms with van der Waals surface area (Å²) in [6.07, 6.45) is 0. The monoisotopic (exact) mass is 622 g/mol. The number of para-hydroxylation sites is 3. The third kappa shape index (κ3) is 3.50. The molecule has 9 aromatic rings. The van der Waals surface area contributed by atoms with Gasteiger partial charge in [0.1, 0.15) is 0 Å². The topological polar surface area (TPSA) is 19.0 Å². The van der Waals surface area contributed by atoms with Gasteiger partial charge in [-0.3, -0.25) is 0 Å². The minimum absolute atomic E-state index is 0.442. The second-order valence-electron chi connectivity index (χ2n) is 13.4. The van der Waals surface area contributed by atoms with Crippen LogP contribution in [0, 0.1) is 0 Å². The largest absolute Gasteiger partial charge is 0.354 e. The number of rotatable bonds is 2. The van der Waals surface area contributed by atoms with Crippen molar-refractivity contribution >= 4 is 49.6 Å². The van der Waals surface area contributed by atoms with Crippen LogP contribution in [-0.2, 0) is 5.41 Å². The van der Waals surface area contributed by atoms with Crippen LogP contribution in [0.4, 0.5) is 17.1 Å². The number of fused-ring (bicyclic) bond motifs is 14. The van der Waals surface area contributed by atoms with E-state index in [4.69, 9.17) is 0 Å². The molecule has 0 radical (unpaired) electrons. The number of benzene rings is 8. The maximum absolute atomic E-state index is 3.67. The first-order chi connectivity index (χ1) is 24.3. The number of nitrogens with zero attached hydrogens (tertiary/aromatic N) is 1. The maximum atomic E-state index is 3.67. The molecule has 49 heavy (non-hydrogen) atoms. The smallest absolute Gasteiger partial charge is 0.0754 e. The van der Waals surface area contributed by atoms with Gasteiger partial charge < -0.3 is 9.88 Å². The van der Waals surface area contributed by atoms with Crippen LogP contribution < -0.4 is 4.90 Å². The van der Waals surface area contributed by atoms with Crippen LogP contribution in [0.25, 0.3) is 54.8 Å². The van der Waals surface area contributed by atoms with E-state index >= 15 is 0 Å². The second-order valence-corrected chi connectivity index (χ2v) is 13.4. The molecule has 11 rings (SSSR count). The lowest BCUT2D eigenvalue weighted by atomic mass is 9.64. The molecule has 0 unspecified atom stereocenters. The molecule has 0 amide bonds. The second kappa shape index (κ2) is 9.82. The Morgan fingerprint density at radius 1 is 0.408 bits per heavy atom. The van der Waals surface area contributed by atoms with Crippen molar-refractivity contribution < 1.29 is 0 Å². The summed E-state index contributed by atoms with van der Waals surface area (Å²) in [7, 11) is 0. The van der Waals surface area contributed by atoms with Crippen molar-refractivity contribution in [3.8, 4) is 22.3 Å². The molecular weight excluding hydrogens is 593 g/mol. The summed E-state index contributed by atoms with van der Waals surface area (Å²) in [6, 6.07) is 65.0. The van der Waals surface area contributed by atoms with Gasteiger partial charge in [0.2, 0.25) is 0 Å². The SMILES string of the molecule is c1ccc(N2c3ccccc3C3(c4ccccc4-c4cc(-c5ccc6[nH]c7ccc8ccccc8c7c6c5)ccc43)c3ccccc32)cc1. The zero-order chi connectivity index (χ0) is 32.1. The van der Waals surface area contributed by atoms with Crippen molar-refractivity contribution in [2.24, 2.45) is 0 Å². The van der Waals surface area contributed by atoms with Crippen LogP contribution in [0.2, 0.25) is 0 Å². The van der Waals surface area contributed by atoms with Gasteiger partial charge >= 0.3 is 0 Å². The number of H-pyrrole nitrogens is 1. The summed E-state index contributed by atoms with van der Waals surface area (Å²) in [4.78, 5) is 6.11. The fourth-order valence-corrected chi connectivity index (χ4v) is 9.00. The first-order valence-electron chi connectivity index (χ1n) is 17.0. The van der Waals surface area contributed by atoms with Gasteiger partial charge in [0, 0.05) is 27.5 Å². The van der Waals surface area contributed by atoms with Crippen molar-refractivity contribution in [2.45, 2.75) is 5.41 Å². The van der Waals surface area contributed by atoms with E-state index in [0.29, 0.717) is 0 Å². The van der Waals surface area contributed by atoms with E-state index in [2.05, 4.69) is 186 Å². The minimum Gasteiger partial charge on any atom is -0.354 e. The lowest BCUT2D eigenvalue weighted by Gasteiger charge is -2.45. The number of aromatic nitrogens is 1. The van der Waals surface area contributed by atoms with E-state index in [9.17, 15) is 0 Å². The number of anilines is 3. The Kier molecular flexibility index (Phi) is 5.34. The number of nitrogens with one attached hydrogen (secondary N) is 1. The van der Waals surface area contributed by atoms with Crippen LogP contribution in [-0.4, -0.2) is 4.98 Å². The number of aromatic amines is 1. The van der Waals surface area contributed by atoms with Crippen LogP contribution in [0.5, 0.6) is 0 Å². The van der Waals surface area contributed by atoms with Gasteiger partial charge in [0.25, 0.3) is 0 Å². The summed E-state index contributed by atoms with van der Waals surface area (Å²) < 4.78 is 0. The fourth-order valence-electron chi connectivity index (χ4n) is 9.00. The third-order valence-corrected chi connectivity index (χ3v) is 11.0. The predicted molar refractivity (Wildman–Crippen MR) is 204 cm³/mol. The highest BCUT2D eigenvalue weighted by Crippen LogP contribution is 2.63. The molecule has 2 nitrogen and oxygen atoms in total. The molecule has 0 fully saturated rings.